The fourth-order valence-electron chi connectivity index (χ4n) is 2.41. The van der Waals surface area contributed by atoms with Crippen LogP contribution in [-0.2, 0) is 6.54 Å². The molecule has 4 nitrogen and oxygen atoms in total. The summed E-state index contributed by atoms with van der Waals surface area (Å²) < 4.78 is 1.99. The molecule has 3 unspecified atom stereocenters. The van der Waals surface area contributed by atoms with Crippen LogP contribution in [-0.4, -0.2) is 21.0 Å². The van der Waals surface area contributed by atoms with Gasteiger partial charge in [0.25, 0.3) is 0 Å². The second-order valence-electron chi connectivity index (χ2n) is 4.18. The average Bonchev–Trinajstić information content (AvgIpc) is 2.75. The topological polar surface area (TPSA) is 56.7 Å². The number of aromatic nitrogens is 3. The van der Waals surface area contributed by atoms with Crippen molar-refractivity contribution in [3.63, 3.8) is 0 Å². The molecule has 2 N–H and O–H groups in total. The van der Waals surface area contributed by atoms with Crippen LogP contribution in [0.25, 0.3) is 0 Å². The van der Waals surface area contributed by atoms with E-state index >= 15 is 0 Å². The molecule has 1 aromatic heterocycles. The van der Waals surface area contributed by atoms with E-state index in [0.29, 0.717) is 17.9 Å². The Hall–Kier alpha value is -0.900. The minimum Gasteiger partial charge on any atom is -0.327 e. The molecule has 0 amide bonds. The smallest absolute Gasteiger partial charge is 0.0728 e. The number of aryl methyl sites for hydroxylation is 1. The number of nitrogens with zero attached hydrogens (tertiary/aromatic N) is 3. The summed E-state index contributed by atoms with van der Waals surface area (Å²) >= 11 is 0. The van der Waals surface area contributed by atoms with Crippen LogP contribution in [0.5, 0.6) is 0 Å². The van der Waals surface area contributed by atoms with Crippen LogP contribution in [0.2, 0.25) is 0 Å². The van der Waals surface area contributed by atoms with E-state index in [4.69, 9.17) is 5.73 Å². The van der Waals surface area contributed by atoms with E-state index < -0.39 is 0 Å². The fourth-order valence-corrected chi connectivity index (χ4v) is 2.41. The van der Waals surface area contributed by atoms with Gasteiger partial charge in [-0.1, -0.05) is 12.1 Å². The predicted molar refractivity (Wildman–Crippen MR) is 54.8 cm³/mol. The molecule has 0 aliphatic heterocycles. The maximum absolute atomic E-state index is 6.02. The molecular weight excluding hydrogens is 176 g/mol. The third-order valence-electron chi connectivity index (χ3n) is 3.45. The average molecular weight is 194 g/mol. The van der Waals surface area contributed by atoms with Crippen LogP contribution in [0.1, 0.15) is 38.3 Å². The van der Waals surface area contributed by atoms with E-state index in [9.17, 15) is 0 Å². The summed E-state index contributed by atoms with van der Waals surface area (Å²) in [6.45, 7) is 5.22. The van der Waals surface area contributed by atoms with Gasteiger partial charge in [-0.15, -0.1) is 5.10 Å². The Balaban J connectivity index is 2.23. The molecule has 78 valence electrons. The lowest BCUT2D eigenvalue weighted by atomic mass is 9.93. The molecule has 1 aromatic rings. The lowest BCUT2D eigenvalue weighted by Gasteiger charge is -2.18. The lowest BCUT2D eigenvalue weighted by Crippen LogP contribution is -2.25. The van der Waals surface area contributed by atoms with Crippen molar-refractivity contribution in [1.82, 2.24) is 15.0 Å². The molecule has 0 spiro atoms. The van der Waals surface area contributed by atoms with Crippen molar-refractivity contribution in [3.8, 4) is 0 Å². The molecule has 0 radical (unpaired) electrons. The third-order valence-corrected chi connectivity index (χ3v) is 3.45. The van der Waals surface area contributed by atoms with Gasteiger partial charge in [0, 0.05) is 18.5 Å². The van der Waals surface area contributed by atoms with E-state index in [1.807, 2.05) is 10.9 Å². The Labute approximate surface area is 84.5 Å². The summed E-state index contributed by atoms with van der Waals surface area (Å²) in [5.41, 5.74) is 7.27. The maximum atomic E-state index is 6.02. The molecule has 4 heteroatoms. The molecule has 0 bridgehead atoms. The van der Waals surface area contributed by atoms with Crippen LogP contribution in [0.15, 0.2) is 6.20 Å². The summed E-state index contributed by atoms with van der Waals surface area (Å²) in [5, 5.41) is 8.03. The largest absolute Gasteiger partial charge is 0.327 e. The molecule has 0 aromatic carbocycles. The van der Waals surface area contributed by atoms with Crippen molar-refractivity contribution >= 4 is 0 Å². The summed E-state index contributed by atoms with van der Waals surface area (Å²) in [5.74, 6) is 1.11. The SMILES string of the molecule is CCn1nncc1C1CCC(N)C1C. The molecule has 2 rings (SSSR count). The standard InChI is InChI=1S/C10H18N4/c1-3-14-10(6-12-13-14)8-4-5-9(11)7(8)2/h6-9H,3-5,11H2,1-2H3. The Morgan fingerprint density at radius 2 is 2.36 bits per heavy atom. The second-order valence-corrected chi connectivity index (χ2v) is 4.18. The third kappa shape index (κ3) is 1.43. The van der Waals surface area contributed by atoms with Crippen molar-refractivity contribution < 1.29 is 0 Å². The van der Waals surface area contributed by atoms with Crippen LogP contribution < -0.4 is 5.73 Å². The van der Waals surface area contributed by atoms with Gasteiger partial charge in [0.2, 0.25) is 0 Å². The van der Waals surface area contributed by atoms with Gasteiger partial charge in [0.1, 0.15) is 0 Å². The molecule has 1 aliphatic carbocycles. The summed E-state index contributed by atoms with van der Waals surface area (Å²) in [6.07, 6.45) is 4.19. The molecule has 1 fully saturated rings. The number of hydrogen-bond donors (Lipinski definition) is 1. The minimum atomic E-state index is 0.347. The van der Waals surface area contributed by atoms with Gasteiger partial charge in [0.05, 0.1) is 11.9 Å². The number of rotatable bonds is 2. The quantitative estimate of drug-likeness (QED) is 0.768. The van der Waals surface area contributed by atoms with Gasteiger partial charge in [-0.3, -0.25) is 0 Å². The zero-order valence-electron chi connectivity index (χ0n) is 8.85. The second kappa shape index (κ2) is 3.69. The van der Waals surface area contributed by atoms with Gasteiger partial charge in [-0.25, -0.2) is 4.68 Å². The summed E-state index contributed by atoms with van der Waals surface area (Å²) in [7, 11) is 0. The van der Waals surface area contributed by atoms with E-state index in [0.717, 1.165) is 13.0 Å². The number of hydrogen-bond acceptors (Lipinski definition) is 3. The molecular formula is C10H18N4. The van der Waals surface area contributed by atoms with Gasteiger partial charge >= 0.3 is 0 Å². The van der Waals surface area contributed by atoms with Crippen molar-refractivity contribution in [2.24, 2.45) is 11.7 Å². The zero-order valence-corrected chi connectivity index (χ0v) is 8.85. The first-order valence-corrected chi connectivity index (χ1v) is 5.38. The van der Waals surface area contributed by atoms with E-state index in [1.54, 1.807) is 0 Å². The Kier molecular flexibility index (Phi) is 2.54. The van der Waals surface area contributed by atoms with E-state index in [2.05, 4.69) is 24.2 Å². The van der Waals surface area contributed by atoms with Crippen LogP contribution in [0.3, 0.4) is 0 Å². The monoisotopic (exact) mass is 194 g/mol. The highest BCUT2D eigenvalue weighted by Gasteiger charge is 2.33. The lowest BCUT2D eigenvalue weighted by molar-refractivity contribution is 0.449. The first kappa shape index (κ1) is 9.65. The van der Waals surface area contributed by atoms with Crippen molar-refractivity contribution in [2.75, 3.05) is 0 Å². The molecule has 0 saturated heterocycles. The maximum Gasteiger partial charge on any atom is 0.0728 e. The van der Waals surface area contributed by atoms with Crippen LogP contribution in [0, 0.1) is 5.92 Å². The summed E-state index contributed by atoms with van der Waals surface area (Å²) in [4.78, 5) is 0. The van der Waals surface area contributed by atoms with Gasteiger partial charge < -0.3 is 5.73 Å². The minimum absolute atomic E-state index is 0.347. The molecule has 3 atom stereocenters. The molecule has 1 heterocycles. The van der Waals surface area contributed by atoms with E-state index in [-0.39, 0.29) is 0 Å². The molecule has 14 heavy (non-hydrogen) atoms. The normalized spacial score (nSPS) is 32.4. The first-order chi connectivity index (χ1) is 6.74. The highest BCUT2D eigenvalue weighted by molar-refractivity contribution is 5.09. The van der Waals surface area contributed by atoms with Crippen LogP contribution in [0.4, 0.5) is 0 Å². The summed E-state index contributed by atoms with van der Waals surface area (Å²) in [6, 6.07) is 0.347. The van der Waals surface area contributed by atoms with Crippen LogP contribution >= 0.6 is 0 Å². The Bertz CT molecular complexity index is 307. The zero-order chi connectivity index (χ0) is 10.1. The molecule has 1 saturated carbocycles. The Morgan fingerprint density at radius 3 is 2.93 bits per heavy atom. The van der Waals surface area contributed by atoms with Crippen molar-refractivity contribution in [2.45, 2.75) is 45.2 Å². The van der Waals surface area contributed by atoms with Crippen molar-refractivity contribution in [3.05, 3.63) is 11.9 Å². The van der Waals surface area contributed by atoms with Gasteiger partial charge in [-0.05, 0) is 25.7 Å². The first-order valence-electron chi connectivity index (χ1n) is 5.38. The number of nitrogens with two attached hydrogens (primary N) is 1. The highest BCUT2D eigenvalue weighted by atomic mass is 15.4. The van der Waals surface area contributed by atoms with Gasteiger partial charge in [-0.2, -0.15) is 0 Å². The molecule has 1 aliphatic rings. The highest BCUT2D eigenvalue weighted by Crippen LogP contribution is 2.37. The Morgan fingerprint density at radius 1 is 1.57 bits per heavy atom. The predicted octanol–water partition coefficient (Wildman–Crippen LogP) is 1.14. The fraction of sp³-hybridized carbons (Fsp3) is 0.800. The van der Waals surface area contributed by atoms with E-state index in [1.165, 1.54) is 12.1 Å². The van der Waals surface area contributed by atoms with Gasteiger partial charge in [0.15, 0.2) is 0 Å². The van der Waals surface area contributed by atoms with Crippen molar-refractivity contribution in [1.29, 1.82) is 0 Å².